The monoisotopic (exact) mass is 189 g/mol. The van der Waals surface area contributed by atoms with Crippen molar-refractivity contribution in [2.45, 2.75) is 0 Å². The number of aromatic amines is 1. The van der Waals surface area contributed by atoms with Crippen LogP contribution in [-0.4, -0.2) is 27.1 Å². The lowest BCUT2D eigenvalue weighted by Crippen LogP contribution is -2.00. The fourth-order valence-electron chi connectivity index (χ4n) is 0.700. The Hall–Kier alpha value is -1.49. The zero-order valence-electron chi connectivity index (χ0n) is 5.67. The number of H-pyrrole nitrogens is 1. The Labute approximate surface area is 71.6 Å². The Morgan fingerprint density at radius 1 is 1.33 bits per heavy atom. The fourth-order valence-corrected chi connectivity index (χ4v) is 0.937. The van der Waals surface area contributed by atoms with Crippen molar-refractivity contribution in [3.05, 3.63) is 22.5 Å². The number of aromatic nitrogens is 1. The zero-order valence-corrected chi connectivity index (χ0v) is 6.42. The normalized spacial score (nSPS) is 9.75. The highest BCUT2D eigenvalue weighted by Gasteiger charge is 2.15. The minimum absolute atomic E-state index is 0.111. The molecule has 6 heteroatoms. The lowest BCUT2D eigenvalue weighted by Gasteiger charge is -1.87. The van der Waals surface area contributed by atoms with E-state index >= 15 is 0 Å². The van der Waals surface area contributed by atoms with Crippen molar-refractivity contribution < 1.29 is 19.8 Å². The van der Waals surface area contributed by atoms with Gasteiger partial charge in [0, 0.05) is 0 Å². The second kappa shape index (κ2) is 2.86. The molecule has 1 aromatic rings. The quantitative estimate of drug-likeness (QED) is 0.649. The molecule has 0 aliphatic rings. The highest BCUT2D eigenvalue weighted by atomic mass is 35.5. The van der Waals surface area contributed by atoms with Crippen LogP contribution in [0, 0.1) is 0 Å². The van der Waals surface area contributed by atoms with Crippen molar-refractivity contribution in [1.29, 1.82) is 0 Å². The van der Waals surface area contributed by atoms with E-state index in [0.29, 0.717) is 0 Å². The van der Waals surface area contributed by atoms with Gasteiger partial charge in [-0.05, 0) is 6.07 Å². The number of halogens is 1. The van der Waals surface area contributed by atoms with E-state index in [4.69, 9.17) is 21.8 Å². The van der Waals surface area contributed by atoms with Crippen molar-refractivity contribution in [3.63, 3.8) is 0 Å². The van der Waals surface area contributed by atoms with Crippen LogP contribution in [0.1, 0.15) is 21.0 Å². The molecule has 0 atom stereocenters. The molecule has 0 amide bonds. The maximum Gasteiger partial charge on any atom is 0.353 e. The smallest absolute Gasteiger partial charge is 0.353 e. The third kappa shape index (κ3) is 1.40. The lowest BCUT2D eigenvalue weighted by molar-refractivity contribution is 0.0689. The van der Waals surface area contributed by atoms with Gasteiger partial charge in [-0.15, -0.1) is 0 Å². The maximum atomic E-state index is 10.3. The molecule has 3 N–H and O–H groups in total. The van der Waals surface area contributed by atoms with E-state index in [2.05, 4.69) is 4.98 Å². The summed E-state index contributed by atoms with van der Waals surface area (Å²) in [5.41, 5.74) is -0.550. The summed E-state index contributed by atoms with van der Waals surface area (Å²) in [6.45, 7) is 0. The first-order valence-electron chi connectivity index (χ1n) is 2.87. The average molecular weight is 190 g/mol. The summed E-state index contributed by atoms with van der Waals surface area (Å²) in [4.78, 5) is 22.8. The number of carboxylic acids is 2. The van der Waals surface area contributed by atoms with E-state index in [-0.39, 0.29) is 16.4 Å². The third-order valence-corrected chi connectivity index (χ3v) is 1.51. The van der Waals surface area contributed by atoms with Gasteiger partial charge in [-0.3, -0.25) is 0 Å². The molecule has 1 heterocycles. The highest BCUT2D eigenvalue weighted by Crippen LogP contribution is 2.16. The van der Waals surface area contributed by atoms with Crippen LogP contribution in [0.2, 0.25) is 5.02 Å². The van der Waals surface area contributed by atoms with Gasteiger partial charge in [-0.2, -0.15) is 0 Å². The van der Waals surface area contributed by atoms with Crippen LogP contribution in [0.5, 0.6) is 0 Å². The number of carboxylic acid groups (broad SMARTS) is 2. The molecular weight excluding hydrogens is 186 g/mol. The van der Waals surface area contributed by atoms with Crippen LogP contribution >= 0.6 is 11.6 Å². The summed E-state index contributed by atoms with van der Waals surface area (Å²) in [6.07, 6.45) is 0. The largest absolute Gasteiger partial charge is 0.477 e. The molecule has 5 nitrogen and oxygen atoms in total. The molecule has 1 aromatic heterocycles. The Bertz CT molecular complexity index is 343. The van der Waals surface area contributed by atoms with Crippen molar-refractivity contribution in [1.82, 2.24) is 4.98 Å². The Morgan fingerprint density at radius 3 is 2.17 bits per heavy atom. The van der Waals surface area contributed by atoms with Crippen LogP contribution < -0.4 is 0 Å². The molecular formula is C6H4ClNO4. The second-order valence-corrected chi connectivity index (χ2v) is 2.42. The summed E-state index contributed by atoms with van der Waals surface area (Å²) in [5.74, 6) is -2.53. The van der Waals surface area contributed by atoms with Gasteiger partial charge < -0.3 is 15.2 Å². The molecule has 0 fully saturated rings. The first-order valence-corrected chi connectivity index (χ1v) is 3.25. The standard InChI is InChI=1S/C6H4ClNO4/c7-2-1-3(5(9)10)8-4(2)6(11)12/h1,8H,(H,9,10)(H,11,12). The number of hydrogen-bond acceptors (Lipinski definition) is 2. The predicted molar refractivity (Wildman–Crippen MR) is 39.7 cm³/mol. The van der Waals surface area contributed by atoms with Crippen LogP contribution in [0.4, 0.5) is 0 Å². The summed E-state index contributed by atoms with van der Waals surface area (Å²) in [7, 11) is 0. The molecule has 0 saturated carbocycles. The van der Waals surface area contributed by atoms with E-state index in [9.17, 15) is 9.59 Å². The van der Waals surface area contributed by atoms with Gasteiger partial charge in [0.2, 0.25) is 0 Å². The summed E-state index contributed by atoms with van der Waals surface area (Å²) in [6, 6.07) is 1.05. The van der Waals surface area contributed by atoms with Crippen LogP contribution in [-0.2, 0) is 0 Å². The van der Waals surface area contributed by atoms with Crippen molar-refractivity contribution in [2.75, 3.05) is 0 Å². The Kier molecular flexibility index (Phi) is 2.05. The number of rotatable bonds is 2. The molecule has 0 spiro atoms. The van der Waals surface area contributed by atoms with Crippen LogP contribution in [0.25, 0.3) is 0 Å². The lowest BCUT2D eigenvalue weighted by atomic mass is 10.4. The van der Waals surface area contributed by atoms with E-state index in [1.165, 1.54) is 0 Å². The second-order valence-electron chi connectivity index (χ2n) is 2.02. The maximum absolute atomic E-state index is 10.3. The van der Waals surface area contributed by atoms with Gasteiger partial charge in [-0.25, -0.2) is 9.59 Å². The molecule has 64 valence electrons. The van der Waals surface area contributed by atoms with E-state index in [1.807, 2.05) is 0 Å². The third-order valence-electron chi connectivity index (χ3n) is 1.21. The minimum Gasteiger partial charge on any atom is -0.477 e. The van der Waals surface area contributed by atoms with Gasteiger partial charge in [0.25, 0.3) is 0 Å². The number of hydrogen-bond donors (Lipinski definition) is 3. The van der Waals surface area contributed by atoms with Gasteiger partial charge in [-0.1, -0.05) is 11.6 Å². The zero-order chi connectivity index (χ0) is 9.30. The average Bonchev–Trinajstić information content (AvgIpc) is 2.30. The van der Waals surface area contributed by atoms with Gasteiger partial charge in [0.1, 0.15) is 11.4 Å². The molecule has 0 aromatic carbocycles. The van der Waals surface area contributed by atoms with Crippen molar-refractivity contribution in [2.24, 2.45) is 0 Å². The van der Waals surface area contributed by atoms with E-state index in [1.54, 1.807) is 0 Å². The predicted octanol–water partition coefficient (Wildman–Crippen LogP) is 1.06. The van der Waals surface area contributed by atoms with E-state index in [0.717, 1.165) is 6.07 Å². The van der Waals surface area contributed by atoms with E-state index < -0.39 is 11.9 Å². The molecule has 0 unspecified atom stereocenters. The summed E-state index contributed by atoms with van der Waals surface area (Å²) >= 11 is 5.41. The molecule has 0 radical (unpaired) electrons. The highest BCUT2D eigenvalue weighted by molar-refractivity contribution is 6.33. The fraction of sp³-hybridized carbons (Fsp3) is 0. The molecule has 12 heavy (non-hydrogen) atoms. The first kappa shape index (κ1) is 8.61. The first-order chi connectivity index (χ1) is 5.52. The topological polar surface area (TPSA) is 90.4 Å². The van der Waals surface area contributed by atoms with Crippen LogP contribution in [0.3, 0.4) is 0 Å². The number of carbonyl (C=O) groups is 2. The molecule has 0 saturated heterocycles. The Balaban J connectivity index is 3.17. The SMILES string of the molecule is O=C(O)c1cc(Cl)c(C(=O)O)[nH]1. The number of nitrogens with one attached hydrogen (secondary N) is 1. The van der Waals surface area contributed by atoms with Crippen molar-refractivity contribution in [3.8, 4) is 0 Å². The Morgan fingerprint density at radius 2 is 1.92 bits per heavy atom. The van der Waals surface area contributed by atoms with Gasteiger partial charge in [0.05, 0.1) is 5.02 Å². The molecule has 0 aliphatic heterocycles. The van der Waals surface area contributed by atoms with Gasteiger partial charge in [0.15, 0.2) is 0 Å². The van der Waals surface area contributed by atoms with Gasteiger partial charge >= 0.3 is 11.9 Å². The minimum atomic E-state index is -1.28. The van der Waals surface area contributed by atoms with Crippen LogP contribution in [0.15, 0.2) is 6.07 Å². The molecule has 0 aliphatic carbocycles. The number of aromatic carboxylic acids is 2. The summed E-state index contributed by atoms with van der Waals surface area (Å²) < 4.78 is 0. The van der Waals surface area contributed by atoms with Crippen molar-refractivity contribution >= 4 is 23.5 Å². The molecule has 0 bridgehead atoms. The molecule has 1 rings (SSSR count). The summed E-state index contributed by atoms with van der Waals surface area (Å²) in [5, 5.41) is 16.8.